The van der Waals surface area contributed by atoms with Gasteiger partial charge >= 0.3 is 12.1 Å². The van der Waals surface area contributed by atoms with Crippen molar-refractivity contribution in [2.75, 3.05) is 6.54 Å². The largest absolute Gasteiger partial charge is 0.480 e. The number of aliphatic carboxylic acids is 1. The van der Waals surface area contributed by atoms with E-state index in [1.165, 1.54) is 0 Å². The van der Waals surface area contributed by atoms with E-state index in [9.17, 15) is 24.3 Å². The molecule has 1 aliphatic rings. The average Bonchev–Trinajstić information content (AvgIpc) is 2.91. The van der Waals surface area contributed by atoms with Gasteiger partial charge in [0.15, 0.2) is 0 Å². The maximum atomic E-state index is 12.9. The van der Waals surface area contributed by atoms with Crippen molar-refractivity contribution in [2.24, 2.45) is 11.8 Å². The van der Waals surface area contributed by atoms with Crippen molar-refractivity contribution >= 4 is 35.5 Å². The minimum atomic E-state index is -1.10. The van der Waals surface area contributed by atoms with E-state index < -0.39 is 23.7 Å². The zero-order valence-corrected chi connectivity index (χ0v) is 25.7. The number of benzene rings is 2. The molecule has 9 nitrogen and oxygen atoms in total. The molecular weight excluding hydrogens is 558 g/mol. The van der Waals surface area contributed by atoms with Crippen molar-refractivity contribution in [3.63, 3.8) is 0 Å². The van der Waals surface area contributed by atoms with Crippen molar-refractivity contribution in [3.8, 4) is 11.1 Å². The maximum absolute atomic E-state index is 12.9. The molecule has 1 saturated carbocycles. The number of hydrogen-bond acceptors (Lipinski definition) is 5. The number of amides is 3. The Morgan fingerprint density at radius 1 is 0.976 bits per heavy atom. The number of carboxylic acids is 1. The van der Waals surface area contributed by atoms with E-state index in [4.69, 9.17) is 16.3 Å². The van der Waals surface area contributed by atoms with E-state index in [-0.39, 0.29) is 36.1 Å². The lowest BCUT2D eigenvalue weighted by atomic mass is 9.81. The third-order valence-electron chi connectivity index (χ3n) is 7.12. The first-order valence-electron chi connectivity index (χ1n) is 14.4. The van der Waals surface area contributed by atoms with Gasteiger partial charge in [-0.3, -0.25) is 9.59 Å². The van der Waals surface area contributed by atoms with Gasteiger partial charge in [0, 0.05) is 41.1 Å². The summed E-state index contributed by atoms with van der Waals surface area (Å²) >= 11 is 6.48. The number of nitrogens with one attached hydrogen (secondary N) is 3. The average molecular weight is 600 g/mol. The molecular formula is C32H42ClN3O6. The van der Waals surface area contributed by atoms with Gasteiger partial charge in [-0.1, -0.05) is 41.9 Å². The normalized spacial score (nSPS) is 17.7. The Hall–Kier alpha value is -3.59. The molecule has 3 amide bonds. The van der Waals surface area contributed by atoms with Gasteiger partial charge in [0.25, 0.3) is 5.91 Å². The van der Waals surface area contributed by atoms with Gasteiger partial charge in [0.1, 0.15) is 11.6 Å². The van der Waals surface area contributed by atoms with E-state index in [1.807, 2.05) is 58.9 Å². The highest BCUT2D eigenvalue weighted by Gasteiger charge is 2.30. The highest BCUT2D eigenvalue weighted by atomic mass is 35.5. The summed E-state index contributed by atoms with van der Waals surface area (Å²) in [7, 11) is 0. The Balaban J connectivity index is 1.53. The van der Waals surface area contributed by atoms with Crippen LogP contribution in [0, 0.1) is 11.8 Å². The van der Waals surface area contributed by atoms with Crippen molar-refractivity contribution < 1.29 is 29.0 Å². The number of carbonyl (C=O) groups excluding carboxylic acids is 3. The highest BCUT2D eigenvalue weighted by Crippen LogP contribution is 2.30. The van der Waals surface area contributed by atoms with Crippen molar-refractivity contribution in [1.29, 1.82) is 0 Å². The van der Waals surface area contributed by atoms with Crippen LogP contribution in [0.1, 0.15) is 76.2 Å². The van der Waals surface area contributed by atoms with Gasteiger partial charge in [0.2, 0.25) is 5.91 Å². The summed E-state index contributed by atoms with van der Waals surface area (Å²) in [6.07, 6.45) is 2.47. The first-order chi connectivity index (χ1) is 19.7. The van der Waals surface area contributed by atoms with Crippen LogP contribution in [-0.4, -0.2) is 53.2 Å². The Morgan fingerprint density at radius 2 is 1.62 bits per heavy atom. The summed E-state index contributed by atoms with van der Waals surface area (Å²) < 4.78 is 5.27. The van der Waals surface area contributed by atoms with E-state index in [0.29, 0.717) is 30.0 Å². The fourth-order valence-corrected chi connectivity index (χ4v) is 5.24. The van der Waals surface area contributed by atoms with Crippen LogP contribution in [0.2, 0.25) is 5.02 Å². The second kappa shape index (κ2) is 14.5. The van der Waals surface area contributed by atoms with Crippen LogP contribution in [0.25, 0.3) is 11.1 Å². The van der Waals surface area contributed by atoms with Gasteiger partial charge < -0.3 is 25.8 Å². The Bertz CT molecular complexity index is 1260. The number of carboxylic acid groups (broad SMARTS) is 1. The molecule has 2 aromatic rings. The highest BCUT2D eigenvalue weighted by molar-refractivity contribution is 6.33. The Kier molecular flexibility index (Phi) is 11.4. The lowest BCUT2D eigenvalue weighted by Gasteiger charge is -2.29. The molecule has 2 aromatic carbocycles. The number of rotatable bonds is 10. The SMILES string of the molecule is CC(C)NC(=O)c1ccc(-c2ccc(C[C@H](NC(=O)C3CCC(CNC(=O)OC(C)(C)C)CC3)C(=O)O)cc2)c(Cl)c1. The molecule has 42 heavy (non-hydrogen) atoms. The minimum absolute atomic E-state index is 0.0118. The molecule has 1 atom stereocenters. The summed E-state index contributed by atoms with van der Waals surface area (Å²) in [5.74, 6) is -1.57. The van der Waals surface area contributed by atoms with Crippen LogP contribution in [0.3, 0.4) is 0 Å². The van der Waals surface area contributed by atoms with Gasteiger partial charge in [-0.25, -0.2) is 9.59 Å². The maximum Gasteiger partial charge on any atom is 0.407 e. The predicted octanol–water partition coefficient (Wildman–Crippen LogP) is 5.59. The van der Waals surface area contributed by atoms with Crippen molar-refractivity contribution in [1.82, 2.24) is 16.0 Å². The standard InChI is InChI=1S/C32H42ClN3O6/c1-19(2)35-29(38)24-14-15-25(26(33)17-24)22-10-6-20(7-11-22)16-27(30(39)40)36-28(37)23-12-8-21(9-13-23)18-34-31(41)42-32(3,4)5/h6-7,10-11,14-15,17,19,21,23,27H,8-9,12-13,16,18H2,1-5H3,(H,34,41)(H,35,38)(H,36,37)(H,39,40)/t21?,23?,27-/m0/s1. The Labute approximate surface area is 252 Å². The van der Waals surface area contributed by atoms with Gasteiger partial charge in [-0.2, -0.15) is 0 Å². The second-order valence-corrected chi connectivity index (χ2v) is 12.6. The molecule has 1 aliphatic carbocycles. The van der Waals surface area contributed by atoms with Gasteiger partial charge in [-0.05, 0) is 89.5 Å². The van der Waals surface area contributed by atoms with E-state index in [1.54, 1.807) is 18.2 Å². The molecule has 0 aliphatic heterocycles. The van der Waals surface area contributed by atoms with Crippen LogP contribution in [0.15, 0.2) is 42.5 Å². The van der Waals surface area contributed by atoms with E-state index in [0.717, 1.165) is 29.5 Å². The number of carbonyl (C=O) groups is 4. The van der Waals surface area contributed by atoms with Gasteiger partial charge in [0.05, 0.1) is 0 Å². The molecule has 0 bridgehead atoms. The lowest BCUT2D eigenvalue weighted by Crippen LogP contribution is -2.46. The molecule has 0 saturated heterocycles. The number of alkyl carbamates (subject to hydrolysis) is 1. The minimum Gasteiger partial charge on any atom is -0.480 e. The van der Waals surface area contributed by atoms with Crippen LogP contribution in [0.5, 0.6) is 0 Å². The summed E-state index contributed by atoms with van der Waals surface area (Å²) in [6.45, 7) is 9.68. The quantitative estimate of drug-likeness (QED) is 0.281. The molecule has 228 valence electrons. The summed E-state index contributed by atoms with van der Waals surface area (Å²) in [4.78, 5) is 49.1. The molecule has 0 radical (unpaired) electrons. The summed E-state index contributed by atoms with van der Waals surface area (Å²) in [5, 5.41) is 18.6. The summed E-state index contributed by atoms with van der Waals surface area (Å²) in [5.41, 5.74) is 2.25. The van der Waals surface area contributed by atoms with E-state index >= 15 is 0 Å². The molecule has 0 aromatic heterocycles. The molecule has 10 heteroatoms. The number of ether oxygens (including phenoxy) is 1. The van der Waals surface area contributed by atoms with Gasteiger partial charge in [-0.15, -0.1) is 0 Å². The first-order valence-corrected chi connectivity index (χ1v) is 14.8. The molecule has 0 unspecified atom stereocenters. The van der Waals surface area contributed by atoms with E-state index in [2.05, 4.69) is 16.0 Å². The fourth-order valence-electron chi connectivity index (χ4n) is 4.95. The first kappa shape index (κ1) is 32.9. The molecule has 4 N–H and O–H groups in total. The zero-order chi connectivity index (χ0) is 31.0. The van der Waals surface area contributed by atoms with Crippen molar-refractivity contribution in [2.45, 2.75) is 84.4 Å². The predicted molar refractivity (Wildman–Crippen MR) is 162 cm³/mol. The monoisotopic (exact) mass is 599 g/mol. The van der Waals surface area contributed by atoms with Crippen molar-refractivity contribution in [3.05, 3.63) is 58.6 Å². The third-order valence-corrected chi connectivity index (χ3v) is 7.43. The van der Waals surface area contributed by atoms with Crippen LogP contribution in [0.4, 0.5) is 4.79 Å². The molecule has 1 fully saturated rings. The van der Waals surface area contributed by atoms with Crippen LogP contribution < -0.4 is 16.0 Å². The molecule has 3 rings (SSSR count). The smallest absolute Gasteiger partial charge is 0.407 e. The van der Waals surface area contributed by atoms with Crippen LogP contribution >= 0.6 is 11.6 Å². The fraction of sp³-hybridized carbons (Fsp3) is 0.500. The lowest BCUT2D eigenvalue weighted by molar-refractivity contribution is -0.142. The third kappa shape index (κ3) is 10.0. The number of halogens is 1. The Morgan fingerprint density at radius 3 is 2.17 bits per heavy atom. The topological polar surface area (TPSA) is 134 Å². The molecule has 0 heterocycles. The van der Waals surface area contributed by atoms with Crippen LogP contribution in [-0.2, 0) is 20.7 Å². The molecule has 0 spiro atoms. The zero-order valence-electron chi connectivity index (χ0n) is 25.0. The summed E-state index contributed by atoms with van der Waals surface area (Å²) in [6, 6.07) is 11.4. The second-order valence-electron chi connectivity index (χ2n) is 12.2. The number of hydrogen-bond donors (Lipinski definition) is 4.